The van der Waals surface area contributed by atoms with Crippen LogP contribution in [0.5, 0.6) is 11.5 Å². The molecule has 0 aliphatic carbocycles. The van der Waals surface area contributed by atoms with Gasteiger partial charge in [0.05, 0.1) is 7.11 Å². The van der Waals surface area contributed by atoms with Gasteiger partial charge in [-0.15, -0.1) is 0 Å². The summed E-state index contributed by atoms with van der Waals surface area (Å²) in [6, 6.07) is 16.9. The van der Waals surface area contributed by atoms with Crippen molar-refractivity contribution < 1.29 is 14.3 Å². The Balaban J connectivity index is 1.83. The van der Waals surface area contributed by atoms with E-state index in [4.69, 9.17) is 9.47 Å². The van der Waals surface area contributed by atoms with Gasteiger partial charge in [-0.3, -0.25) is 4.79 Å². The van der Waals surface area contributed by atoms with Crippen molar-refractivity contribution in [2.24, 2.45) is 0 Å². The van der Waals surface area contributed by atoms with E-state index in [9.17, 15) is 4.79 Å². The zero-order chi connectivity index (χ0) is 15.1. The van der Waals surface area contributed by atoms with Gasteiger partial charge in [0.15, 0.2) is 6.10 Å². The summed E-state index contributed by atoms with van der Waals surface area (Å²) in [5.74, 6) is 1.34. The number of para-hydroxylation sites is 1. The maximum absolute atomic E-state index is 12.0. The fourth-order valence-electron chi connectivity index (χ4n) is 1.83. The van der Waals surface area contributed by atoms with Crippen LogP contribution in [0.25, 0.3) is 0 Å². The number of benzene rings is 2. The number of rotatable bonds is 6. The fourth-order valence-corrected chi connectivity index (χ4v) is 1.83. The quantitative estimate of drug-likeness (QED) is 0.887. The highest BCUT2D eigenvalue weighted by molar-refractivity contribution is 5.80. The predicted octanol–water partition coefficient (Wildman–Crippen LogP) is 2.78. The highest BCUT2D eigenvalue weighted by atomic mass is 16.5. The molecule has 0 aliphatic heterocycles. The summed E-state index contributed by atoms with van der Waals surface area (Å²) in [7, 11) is 1.62. The molecule has 2 rings (SSSR count). The molecule has 1 N–H and O–H groups in total. The topological polar surface area (TPSA) is 47.6 Å². The van der Waals surface area contributed by atoms with Crippen molar-refractivity contribution >= 4 is 5.91 Å². The molecule has 1 atom stereocenters. The smallest absolute Gasteiger partial charge is 0.261 e. The van der Waals surface area contributed by atoms with Crippen molar-refractivity contribution in [3.05, 3.63) is 60.2 Å². The summed E-state index contributed by atoms with van der Waals surface area (Å²) in [4.78, 5) is 12.0. The summed E-state index contributed by atoms with van der Waals surface area (Å²) in [5.41, 5.74) is 1.01. The van der Waals surface area contributed by atoms with Crippen LogP contribution in [0.15, 0.2) is 54.6 Å². The number of carbonyl (C=O) groups is 1. The number of ether oxygens (including phenoxy) is 2. The van der Waals surface area contributed by atoms with E-state index in [0.29, 0.717) is 12.3 Å². The van der Waals surface area contributed by atoms with Crippen LogP contribution in [-0.4, -0.2) is 19.1 Å². The second-order valence-corrected chi connectivity index (χ2v) is 4.64. The SMILES string of the molecule is COc1ccc(CNC(=O)C(C)Oc2ccccc2)cc1. The lowest BCUT2D eigenvalue weighted by atomic mass is 10.2. The van der Waals surface area contributed by atoms with Gasteiger partial charge in [0.1, 0.15) is 11.5 Å². The molecule has 0 heterocycles. The molecule has 0 aromatic heterocycles. The molecule has 110 valence electrons. The van der Waals surface area contributed by atoms with Crippen LogP contribution in [0.1, 0.15) is 12.5 Å². The molecule has 0 aliphatic rings. The Hall–Kier alpha value is -2.49. The fraction of sp³-hybridized carbons (Fsp3) is 0.235. The molecule has 0 saturated heterocycles. The Kier molecular flexibility index (Phi) is 5.21. The van der Waals surface area contributed by atoms with E-state index in [2.05, 4.69) is 5.32 Å². The molecule has 4 heteroatoms. The van der Waals surface area contributed by atoms with Gasteiger partial charge >= 0.3 is 0 Å². The third kappa shape index (κ3) is 4.53. The van der Waals surface area contributed by atoms with Gasteiger partial charge in [0.25, 0.3) is 5.91 Å². The molecule has 21 heavy (non-hydrogen) atoms. The van der Waals surface area contributed by atoms with Gasteiger partial charge in [-0.1, -0.05) is 30.3 Å². The molecule has 1 unspecified atom stereocenters. The maximum atomic E-state index is 12.0. The summed E-state index contributed by atoms with van der Waals surface area (Å²) < 4.78 is 10.7. The number of nitrogens with one attached hydrogen (secondary N) is 1. The number of carbonyl (C=O) groups excluding carboxylic acids is 1. The van der Waals surface area contributed by atoms with Crippen LogP contribution in [-0.2, 0) is 11.3 Å². The Morgan fingerprint density at radius 3 is 2.33 bits per heavy atom. The highest BCUT2D eigenvalue weighted by Gasteiger charge is 2.13. The first-order valence-electron chi connectivity index (χ1n) is 6.81. The second kappa shape index (κ2) is 7.33. The van der Waals surface area contributed by atoms with Gasteiger partial charge in [-0.2, -0.15) is 0 Å². The lowest BCUT2D eigenvalue weighted by Gasteiger charge is -2.14. The van der Waals surface area contributed by atoms with Crippen LogP contribution >= 0.6 is 0 Å². The molecule has 2 aromatic carbocycles. The first kappa shape index (κ1) is 14.9. The van der Waals surface area contributed by atoms with E-state index in [0.717, 1.165) is 11.3 Å². The van der Waals surface area contributed by atoms with Crippen molar-refractivity contribution in [3.8, 4) is 11.5 Å². The molecular formula is C17H19NO3. The number of hydrogen-bond acceptors (Lipinski definition) is 3. The number of amides is 1. The van der Waals surface area contributed by atoms with Crippen molar-refractivity contribution in [1.29, 1.82) is 0 Å². The lowest BCUT2D eigenvalue weighted by molar-refractivity contribution is -0.127. The molecular weight excluding hydrogens is 266 g/mol. The summed E-state index contributed by atoms with van der Waals surface area (Å²) in [6.07, 6.45) is -0.536. The third-order valence-electron chi connectivity index (χ3n) is 3.05. The summed E-state index contributed by atoms with van der Waals surface area (Å²) >= 11 is 0. The van der Waals surface area contributed by atoms with Gasteiger partial charge in [-0.25, -0.2) is 0 Å². The van der Waals surface area contributed by atoms with Crippen LogP contribution < -0.4 is 14.8 Å². The van der Waals surface area contributed by atoms with Crippen molar-refractivity contribution in [2.75, 3.05) is 7.11 Å². The molecule has 0 bridgehead atoms. The Morgan fingerprint density at radius 2 is 1.71 bits per heavy atom. The standard InChI is InChI=1S/C17H19NO3/c1-13(21-16-6-4-3-5-7-16)17(19)18-12-14-8-10-15(20-2)11-9-14/h3-11,13H,12H2,1-2H3,(H,18,19). The predicted molar refractivity (Wildman–Crippen MR) is 81.4 cm³/mol. The van der Waals surface area contributed by atoms with E-state index in [1.807, 2.05) is 54.6 Å². The van der Waals surface area contributed by atoms with Crippen molar-refractivity contribution in [1.82, 2.24) is 5.32 Å². The lowest BCUT2D eigenvalue weighted by Crippen LogP contribution is -2.35. The van der Waals surface area contributed by atoms with E-state index < -0.39 is 6.10 Å². The van der Waals surface area contributed by atoms with Gasteiger partial charge in [0.2, 0.25) is 0 Å². The third-order valence-corrected chi connectivity index (χ3v) is 3.05. The van der Waals surface area contributed by atoms with Crippen LogP contribution in [0.2, 0.25) is 0 Å². The van der Waals surface area contributed by atoms with E-state index in [1.54, 1.807) is 14.0 Å². The Labute approximate surface area is 124 Å². The summed E-state index contributed by atoms with van der Waals surface area (Å²) in [5, 5.41) is 2.85. The molecule has 0 saturated carbocycles. The van der Waals surface area contributed by atoms with Gasteiger partial charge < -0.3 is 14.8 Å². The largest absolute Gasteiger partial charge is 0.497 e. The molecule has 1 amide bonds. The van der Waals surface area contributed by atoms with E-state index >= 15 is 0 Å². The monoisotopic (exact) mass is 285 g/mol. The molecule has 2 aromatic rings. The molecule has 4 nitrogen and oxygen atoms in total. The van der Waals surface area contributed by atoms with Crippen molar-refractivity contribution in [2.45, 2.75) is 19.6 Å². The minimum atomic E-state index is -0.536. The molecule has 0 radical (unpaired) electrons. The van der Waals surface area contributed by atoms with Crippen LogP contribution in [0.4, 0.5) is 0 Å². The van der Waals surface area contributed by atoms with E-state index in [1.165, 1.54) is 0 Å². The van der Waals surface area contributed by atoms with Gasteiger partial charge in [0, 0.05) is 6.54 Å². The number of methoxy groups -OCH3 is 1. The molecule has 0 fully saturated rings. The average molecular weight is 285 g/mol. The number of hydrogen-bond donors (Lipinski definition) is 1. The minimum absolute atomic E-state index is 0.144. The summed E-state index contributed by atoms with van der Waals surface area (Å²) in [6.45, 7) is 2.20. The first-order valence-corrected chi connectivity index (χ1v) is 6.81. The molecule has 0 spiro atoms. The van der Waals surface area contributed by atoms with Crippen molar-refractivity contribution in [3.63, 3.8) is 0 Å². The minimum Gasteiger partial charge on any atom is -0.497 e. The normalized spacial score (nSPS) is 11.5. The average Bonchev–Trinajstić information content (AvgIpc) is 2.54. The first-order chi connectivity index (χ1) is 10.2. The van der Waals surface area contributed by atoms with Crippen LogP contribution in [0, 0.1) is 0 Å². The zero-order valence-electron chi connectivity index (χ0n) is 12.2. The zero-order valence-corrected chi connectivity index (χ0v) is 12.2. The van der Waals surface area contributed by atoms with Gasteiger partial charge in [-0.05, 0) is 36.8 Å². The Morgan fingerprint density at radius 1 is 1.05 bits per heavy atom. The van der Waals surface area contributed by atoms with E-state index in [-0.39, 0.29) is 5.91 Å². The maximum Gasteiger partial charge on any atom is 0.261 e. The second-order valence-electron chi connectivity index (χ2n) is 4.64. The highest BCUT2D eigenvalue weighted by Crippen LogP contribution is 2.12. The Bertz CT molecular complexity index is 566. The van der Waals surface area contributed by atoms with Crippen LogP contribution in [0.3, 0.4) is 0 Å².